The molecule has 0 fully saturated rings. The van der Waals surface area contributed by atoms with Crippen LogP contribution in [0.25, 0.3) is 0 Å². The number of benzene rings is 2. The molecule has 2 aromatic carbocycles. The lowest BCUT2D eigenvalue weighted by molar-refractivity contribution is -0.384. The van der Waals surface area contributed by atoms with Crippen molar-refractivity contribution in [2.75, 3.05) is 4.90 Å². The fraction of sp³-hybridized carbons (Fsp3) is 0.238. The summed E-state index contributed by atoms with van der Waals surface area (Å²) >= 11 is 0. The zero-order chi connectivity index (χ0) is 21.4. The van der Waals surface area contributed by atoms with Crippen molar-refractivity contribution in [2.45, 2.75) is 31.8 Å². The van der Waals surface area contributed by atoms with E-state index in [-0.39, 0.29) is 16.9 Å². The second-order valence-electron chi connectivity index (χ2n) is 7.83. The number of nitrogens with two attached hydrogens (primary N) is 1. The molecule has 0 bridgehead atoms. The molecule has 0 spiro atoms. The number of non-ortho nitro benzene ring substituents is 1. The number of nitro benzene ring substituents is 1. The molecule has 1 aliphatic heterocycles. The minimum atomic E-state index is -1.75. The van der Waals surface area contributed by atoms with Crippen molar-refractivity contribution >= 4 is 23.2 Å². The van der Waals surface area contributed by atoms with Gasteiger partial charge in [-0.1, -0.05) is 30.3 Å². The van der Waals surface area contributed by atoms with Gasteiger partial charge < -0.3 is 11.1 Å². The molecule has 0 aromatic heterocycles. The highest BCUT2D eigenvalue weighted by Gasteiger charge is 2.55. The van der Waals surface area contributed by atoms with Gasteiger partial charge in [0.1, 0.15) is 0 Å². The molecule has 0 saturated carbocycles. The third kappa shape index (κ3) is 3.44. The van der Waals surface area contributed by atoms with E-state index in [2.05, 4.69) is 5.32 Å². The quantitative estimate of drug-likeness (QED) is 0.610. The van der Waals surface area contributed by atoms with Gasteiger partial charge in [0.05, 0.1) is 10.6 Å². The van der Waals surface area contributed by atoms with Crippen LogP contribution >= 0.6 is 0 Å². The van der Waals surface area contributed by atoms with Crippen molar-refractivity contribution in [3.05, 3.63) is 82.0 Å². The maximum atomic E-state index is 13.6. The van der Waals surface area contributed by atoms with Crippen LogP contribution in [0.15, 0.2) is 66.4 Å². The molecule has 1 atom stereocenters. The number of nitrogens with one attached hydrogen (secondary N) is 1. The molecule has 8 heteroatoms. The van der Waals surface area contributed by atoms with Crippen molar-refractivity contribution in [3.8, 4) is 0 Å². The van der Waals surface area contributed by atoms with E-state index in [1.54, 1.807) is 57.2 Å². The number of para-hydroxylation sites is 1. The van der Waals surface area contributed by atoms with Gasteiger partial charge in [0, 0.05) is 35.0 Å². The Morgan fingerprint density at radius 2 is 1.79 bits per heavy atom. The Morgan fingerprint density at radius 1 is 1.14 bits per heavy atom. The summed E-state index contributed by atoms with van der Waals surface area (Å²) in [5.41, 5.74) is 4.37. The number of anilines is 1. The Morgan fingerprint density at radius 3 is 2.38 bits per heavy atom. The van der Waals surface area contributed by atoms with E-state index in [1.807, 2.05) is 0 Å². The van der Waals surface area contributed by atoms with Crippen LogP contribution in [0.3, 0.4) is 0 Å². The molecular formula is C21H22N4O4. The summed E-state index contributed by atoms with van der Waals surface area (Å²) in [4.78, 5) is 38.6. The van der Waals surface area contributed by atoms with Crippen molar-refractivity contribution in [1.82, 2.24) is 5.32 Å². The summed E-state index contributed by atoms with van der Waals surface area (Å²) in [6.45, 7) is 5.40. The number of hydrogen-bond acceptors (Lipinski definition) is 5. The second-order valence-corrected chi connectivity index (χ2v) is 7.83. The average Bonchev–Trinajstić information content (AvgIpc) is 2.92. The molecule has 0 radical (unpaired) electrons. The molecule has 1 heterocycles. The van der Waals surface area contributed by atoms with Crippen molar-refractivity contribution < 1.29 is 14.5 Å². The third-order valence-corrected chi connectivity index (χ3v) is 4.56. The predicted molar refractivity (Wildman–Crippen MR) is 109 cm³/mol. The van der Waals surface area contributed by atoms with Crippen molar-refractivity contribution in [2.24, 2.45) is 5.73 Å². The van der Waals surface area contributed by atoms with Crippen LogP contribution in [0.1, 0.15) is 26.3 Å². The zero-order valence-electron chi connectivity index (χ0n) is 16.4. The largest absolute Gasteiger partial charge is 0.399 e. The molecule has 1 aliphatic rings. The normalized spacial score (nSPS) is 19.1. The third-order valence-electron chi connectivity index (χ3n) is 4.56. The molecule has 2 aromatic rings. The number of nitrogens with zero attached hydrogens (tertiary/aromatic N) is 2. The SMILES string of the molecule is CC(C)(C)NC(=O)C1(c2cccc([N+](=O)[O-])c2)C(N)=CC(=O)N1c1ccccc1. The highest BCUT2D eigenvalue weighted by atomic mass is 16.6. The van der Waals surface area contributed by atoms with E-state index in [0.29, 0.717) is 5.69 Å². The number of hydrogen-bond donors (Lipinski definition) is 2. The Labute approximate surface area is 168 Å². The molecular weight excluding hydrogens is 372 g/mol. The first-order valence-corrected chi connectivity index (χ1v) is 9.02. The molecule has 2 amide bonds. The zero-order valence-corrected chi connectivity index (χ0v) is 16.4. The highest BCUT2D eigenvalue weighted by molar-refractivity contribution is 6.15. The van der Waals surface area contributed by atoms with Gasteiger partial charge in [-0.25, -0.2) is 0 Å². The molecule has 1 unspecified atom stereocenters. The number of amides is 2. The first-order valence-electron chi connectivity index (χ1n) is 9.02. The Hall–Kier alpha value is -3.68. The van der Waals surface area contributed by atoms with E-state index < -0.39 is 27.8 Å². The summed E-state index contributed by atoms with van der Waals surface area (Å²) in [6, 6.07) is 14.2. The van der Waals surface area contributed by atoms with Gasteiger partial charge in [-0.3, -0.25) is 24.6 Å². The fourth-order valence-electron chi connectivity index (χ4n) is 3.43. The summed E-state index contributed by atoms with van der Waals surface area (Å²) in [5, 5.41) is 14.2. The van der Waals surface area contributed by atoms with Gasteiger partial charge in [0.2, 0.25) is 0 Å². The molecule has 3 N–H and O–H groups in total. The summed E-state index contributed by atoms with van der Waals surface area (Å²) < 4.78 is 0. The molecule has 3 rings (SSSR count). The Balaban J connectivity index is 2.31. The van der Waals surface area contributed by atoms with E-state index in [9.17, 15) is 19.7 Å². The number of nitro groups is 1. The van der Waals surface area contributed by atoms with Gasteiger partial charge in [-0.05, 0) is 32.9 Å². The van der Waals surface area contributed by atoms with Gasteiger partial charge >= 0.3 is 0 Å². The number of carbonyl (C=O) groups excluding carboxylic acids is 2. The maximum absolute atomic E-state index is 13.6. The van der Waals surface area contributed by atoms with Gasteiger partial charge in [0.15, 0.2) is 5.54 Å². The predicted octanol–water partition coefficient (Wildman–Crippen LogP) is 2.59. The summed E-state index contributed by atoms with van der Waals surface area (Å²) in [5.74, 6) is -1.03. The van der Waals surface area contributed by atoms with Crippen LogP contribution in [-0.4, -0.2) is 22.3 Å². The lowest BCUT2D eigenvalue weighted by atomic mass is 9.84. The van der Waals surface area contributed by atoms with Crippen molar-refractivity contribution in [1.29, 1.82) is 0 Å². The highest BCUT2D eigenvalue weighted by Crippen LogP contribution is 2.43. The average molecular weight is 394 g/mol. The van der Waals surface area contributed by atoms with E-state index >= 15 is 0 Å². The summed E-state index contributed by atoms with van der Waals surface area (Å²) in [6.07, 6.45) is 1.19. The maximum Gasteiger partial charge on any atom is 0.269 e. The standard InChI is InChI=1S/C21H22N4O4/c1-20(2,3)23-19(27)21(14-8-7-11-16(12-14)25(28)29)17(22)13-18(26)24(21)15-9-5-4-6-10-15/h4-13H,22H2,1-3H3,(H,23,27). The van der Waals surface area contributed by atoms with Crippen LogP contribution in [-0.2, 0) is 15.1 Å². The minimum Gasteiger partial charge on any atom is -0.399 e. The molecule has 8 nitrogen and oxygen atoms in total. The molecule has 150 valence electrons. The topological polar surface area (TPSA) is 119 Å². The lowest BCUT2D eigenvalue weighted by Crippen LogP contribution is -2.60. The Kier molecular flexibility index (Phi) is 4.88. The van der Waals surface area contributed by atoms with E-state index in [1.165, 1.54) is 29.2 Å². The Bertz CT molecular complexity index is 1010. The first kappa shape index (κ1) is 20.1. The first-order chi connectivity index (χ1) is 13.6. The number of carbonyl (C=O) groups is 2. The second kappa shape index (κ2) is 7.05. The molecule has 29 heavy (non-hydrogen) atoms. The lowest BCUT2D eigenvalue weighted by Gasteiger charge is -2.40. The van der Waals surface area contributed by atoms with Gasteiger partial charge in [-0.15, -0.1) is 0 Å². The fourth-order valence-corrected chi connectivity index (χ4v) is 3.43. The summed E-state index contributed by atoms with van der Waals surface area (Å²) in [7, 11) is 0. The monoisotopic (exact) mass is 394 g/mol. The molecule has 0 aliphatic carbocycles. The van der Waals surface area contributed by atoms with E-state index in [0.717, 1.165) is 0 Å². The van der Waals surface area contributed by atoms with Crippen LogP contribution in [0.2, 0.25) is 0 Å². The smallest absolute Gasteiger partial charge is 0.269 e. The number of rotatable bonds is 4. The van der Waals surface area contributed by atoms with Gasteiger partial charge in [-0.2, -0.15) is 0 Å². The van der Waals surface area contributed by atoms with Crippen LogP contribution in [0.5, 0.6) is 0 Å². The van der Waals surface area contributed by atoms with Crippen LogP contribution in [0, 0.1) is 10.1 Å². The van der Waals surface area contributed by atoms with Crippen LogP contribution in [0.4, 0.5) is 11.4 Å². The van der Waals surface area contributed by atoms with E-state index in [4.69, 9.17) is 5.73 Å². The molecule has 0 saturated heterocycles. The minimum absolute atomic E-state index is 0.00592. The van der Waals surface area contributed by atoms with Gasteiger partial charge in [0.25, 0.3) is 17.5 Å². The van der Waals surface area contributed by atoms with Crippen LogP contribution < -0.4 is 16.0 Å². The van der Waals surface area contributed by atoms with Crippen molar-refractivity contribution in [3.63, 3.8) is 0 Å².